The van der Waals surface area contributed by atoms with Gasteiger partial charge in [-0.1, -0.05) is 64.5 Å². The molecular weight excluding hydrogens is 501 g/mol. The van der Waals surface area contributed by atoms with Gasteiger partial charge in [-0.2, -0.15) is 0 Å². The Morgan fingerprint density at radius 2 is 1.42 bits per heavy atom. The van der Waals surface area contributed by atoms with Gasteiger partial charge in [0.05, 0.1) is 0 Å². The highest BCUT2D eigenvalue weighted by molar-refractivity contribution is 9.11. The molecule has 24 heavy (non-hydrogen) atoms. The van der Waals surface area contributed by atoms with Crippen LogP contribution >= 0.6 is 47.8 Å². The molecule has 3 aromatic rings. The van der Waals surface area contributed by atoms with Gasteiger partial charge in [0.2, 0.25) is 0 Å². The van der Waals surface area contributed by atoms with Crippen molar-refractivity contribution >= 4 is 60.4 Å². The van der Waals surface area contributed by atoms with Gasteiger partial charge in [0.15, 0.2) is 0 Å². The number of nitrogens with zero attached hydrogens (tertiary/aromatic N) is 1. The van der Waals surface area contributed by atoms with Crippen LogP contribution in [0, 0.1) is 0 Å². The van der Waals surface area contributed by atoms with Crippen LogP contribution in [0.25, 0.3) is 11.1 Å². The van der Waals surface area contributed by atoms with Crippen LogP contribution in [0.1, 0.15) is 0 Å². The first-order valence-electron chi connectivity index (χ1n) is 6.96. The molecule has 0 unspecified atom stereocenters. The summed E-state index contributed by atoms with van der Waals surface area (Å²) in [5.41, 5.74) is 2.82. The fraction of sp³-hybridized carbons (Fsp3) is 0. The molecule has 0 amide bonds. The van der Waals surface area contributed by atoms with Gasteiger partial charge >= 0.3 is 7.12 Å². The van der Waals surface area contributed by atoms with Crippen LogP contribution in [0.5, 0.6) is 0 Å². The SMILES string of the molecule is Brc1cc(-c2ccccc2)c(Br)cn1.OB(O)c1ccccc1Br. The zero-order valence-electron chi connectivity index (χ0n) is 12.4. The molecule has 7 heteroatoms. The zero-order valence-corrected chi connectivity index (χ0v) is 17.2. The summed E-state index contributed by atoms with van der Waals surface area (Å²) in [5, 5.41) is 17.5. The molecule has 0 aliphatic heterocycles. The Morgan fingerprint density at radius 3 is 2.00 bits per heavy atom. The van der Waals surface area contributed by atoms with Crippen molar-refractivity contribution in [3.8, 4) is 11.1 Å². The van der Waals surface area contributed by atoms with E-state index in [9.17, 15) is 0 Å². The van der Waals surface area contributed by atoms with E-state index in [1.807, 2.05) is 30.3 Å². The molecule has 0 bridgehead atoms. The number of aromatic nitrogens is 1. The van der Waals surface area contributed by atoms with Gasteiger partial charge in [0.1, 0.15) is 4.60 Å². The largest absolute Gasteiger partial charge is 0.489 e. The molecule has 0 spiro atoms. The minimum Gasteiger partial charge on any atom is -0.423 e. The van der Waals surface area contributed by atoms with E-state index in [2.05, 4.69) is 64.9 Å². The predicted molar refractivity (Wildman–Crippen MR) is 109 cm³/mol. The van der Waals surface area contributed by atoms with Gasteiger partial charge in [-0.3, -0.25) is 0 Å². The van der Waals surface area contributed by atoms with E-state index in [1.54, 1.807) is 24.4 Å². The van der Waals surface area contributed by atoms with Gasteiger partial charge in [-0.05, 0) is 55.0 Å². The highest BCUT2D eigenvalue weighted by Gasteiger charge is 2.12. The molecule has 0 radical (unpaired) electrons. The maximum absolute atomic E-state index is 8.73. The molecule has 1 aromatic heterocycles. The Bertz CT molecular complexity index is 801. The summed E-state index contributed by atoms with van der Waals surface area (Å²) in [7, 11) is -1.39. The molecule has 0 saturated carbocycles. The van der Waals surface area contributed by atoms with E-state index < -0.39 is 7.12 Å². The molecule has 3 nitrogen and oxygen atoms in total. The third kappa shape index (κ3) is 5.53. The van der Waals surface area contributed by atoms with E-state index in [1.165, 1.54) is 5.56 Å². The van der Waals surface area contributed by atoms with Crippen molar-refractivity contribution in [2.45, 2.75) is 0 Å². The first-order chi connectivity index (χ1) is 11.5. The summed E-state index contributed by atoms with van der Waals surface area (Å²) in [4.78, 5) is 4.13. The quantitative estimate of drug-likeness (QED) is 0.394. The van der Waals surface area contributed by atoms with E-state index in [-0.39, 0.29) is 0 Å². The summed E-state index contributed by atoms with van der Waals surface area (Å²) in [6.45, 7) is 0. The Hall–Kier alpha value is -0.985. The zero-order chi connectivity index (χ0) is 17.5. The molecule has 3 rings (SSSR count). The van der Waals surface area contributed by atoms with Crippen LogP contribution in [0.3, 0.4) is 0 Å². The lowest BCUT2D eigenvalue weighted by Gasteiger charge is -2.04. The molecule has 0 aliphatic carbocycles. The van der Waals surface area contributed by atoms with Crippen LogP contribution in [-0.2, 0) is 0 Å². The Kier molecular flexibility index (Phi) is 7.64. The molecular formula is C17H13BBr3NO2. The van der Waals surface area contributed by atoms with Crippen LogP contribution in [0.4, 0.5) is 0 Å². The number of hydrogen-bond acceptors (Lipinski definition) is 3. The summed E-state index contributed by atoms with van der Waals surface area (Å²) < 4.78 is 2.57. The monoisotopic (exact) mass is 511 g/mol. The molecule has 0 fully saturated rings. The molecule has 122 valence electrons. The van der Waals surface area contributed by atoms with Gasteiger partial charge in [0, 0.05) is 20.7 Å². The van der Waals surface area contributed by atoms with Crippen molar-refractivity contribution in [3.63, 3.8) is 0 Å². The maximum Gasteiger partial charge on any atom is 0.489 e. The fourth-order valence-electron chi connectivity index (χ4n) is 1.94. The lowest BCUT2D eigenvalue weighted by Crippen LogP contribution is -2.30. The predicted octanol–water partition coefficient (Wildman–Crippen LogP) is 4.40. The minimum absolute atomic E-state index is 0.488. The van der Waals surface area contributed by atoms with Crippen molar-refractivity contribution in [2.24, 2.45) is 0 Å². The lowest BCUT2D eigenvalue weighted by atomic mass is 9.80. The first-order valence-corrected chi connectivity index (χ1v) is 9.34. The smallest absolute Gasteiger partial charge is 0.423 e. The minimum atomic E-state index is -1.39. The van der Waals surface area contributed by atoms with Gasteiger partial charge < -0.3 is 10.0 Å². The van der Waals surface area contributed by atoms with Crippen LogP contribution in [0.15, 0.2) is 80.4 Å². The standard InChI is InChI=1S/C11H7Br2N.C6H6BBrO2/c12-10-7-14-11(13)6-9(10)8-4-2-1-3-5-8;8-6-4-2-1-3-5(6)7(9)10/h1-7H;1-4,9-10H. The molecule has 2 N–H and O–H groups in total. The average Bonchev–Trinajstić information content (AvgIpc) is 2.58. The normalized spacial score (nSPS) is 9.88. The maximum atomic E-state index is 8.73. The van der Waals surface area contributed by atoms with Crippen LogP contribution in [-0.4, -0.2) is 22.2 Å². The fourth-order valence-corrected chi connectivity index (χ4v) is 3.20. The molecule has 2 aromatic carbocycles. The van der Waals surface area contributed by atoms with Crippen LogP contribution in [0.2, 0.25) is 0 Å². The molecule has 0 atom stereocenters. The summed E-state index contributed by atoms with van der Waals surface area (Å²) in [6, 6.07) is 19.2. The number of halogens is 3. The van der Waals surface area contributed by atoms with E-state index >= 15 is 0 Å². The van der Waals surface area contributed by atoms with E-state index in [0.29, 0.717) is 9.94 Å². The van der Waals surface area contributed by atoms with Crippen molar-refractivity contribution in [1.82, 2.24) is 4.98 Å². The van der Waals surface area contributed by atoms with E-state index in [0.717, 1.165) is 14.6 Å². The lowest BCUT2D eigenvalue weighted by molar-refractivity contribution is 0.425. The van der Waals surface area contributed by atoms with Crippen molar-refractivity contribution in [3.05, 3.63) is 80.4 Å². The van der Waals surface area contributed by atoms with Gasteiger partial charge in [-0.15, -0.1) is 0 Å². The number of benzene rings is 2. The third-order valence-corrected chi connectivity index (χ3v) is 4.88. The average molecular weight is 514 g/mol. The van der Waals surface area contributed by atoms with Crippen LogP contribution < -0.4 is 5.46 Å². The second-order valence-electron chi connectivity index (χ2n) is 4.75. The second-order valence-corrected chi connectivity index (χ2v) is 7.27. The second kappa shape index (κ2) is 9.49. The van der Waals surface area contributed by atoms with Crippen molar-refractivity contribution in [1.29, 1.82) is 0 Å². The van der Waals surface area contributed by atoms with Crippen molar-refractivity contribution in [2.75, 3.05) is 0 Å². The summed E-state index contributed by atoms with van der Waals surface area (Å²) in [6.07, 6.45) is 1.80. The number of pyridine rings is 1. The summed E-state index contributed by atoms with van der Waals surface area (Å²) >= 11 is 10.0. The Labute approximate surface area is 166 Å². The highest BCUT2D eigenvalue weighted by Crippen LogP contribution is 2.29. The van der Waals surface area contributed by atoms with Gasteiger partial charge in [-0.25, -0.2) is 4.98 Å². The third-order valence-electron chi connectivity index (χ3n) is 3.09. The first kappa shape index (κ1) is 19.3. The van der Waals surface area contributed by atoms with E-state index in [4.69, 9.17) is 10.0 Å². The molecule has 0 saturated heterocycles. The highest BCUT2D eigenvalue weighted by atomic mass is 79.9. The molecule has 0 aliphatic rings. The number of rotatable bonds is 2. The summed E-state index contributed by atoms with van der Waals surface area (Å²) in [5.74, 6) is 0. The Balaban J connectivity index is 0.000000185. The topological polar surface area (TPSA) is 53.4 Å². The van der Waals surface area contributed by atoms with Gasteiger partial charge in [0.25, 0.3) is 0 Å². The van der Waals surface area contributed by atoms with Crippen molar-refractivity contribution < 1.29 is 10.0 Å². The Morgan fingerprint density at radius 1 is 0.792 bits per heavy atom. The molecule has 1 heterocycles. The number of hydrogen-bond donors (Lipinski definition) is 2.